The molecule has 1 aromatic carbocycles. The first-order valence-corrected chi connectivity index (χ1v) is 5.82. The van der Waals surface area contributed by atoms with Crippen LogP contribution in [0.15, 0.2) is 36.7 Å². The first-order valence-electron chi connectivity index (χ1n) is 5.82. The first-order chi connectivity index (χ1) is 9.10. The largest absolute Gasteiger partial charge is 0.465 e. The van der Waals surface area contributed by atoms with E-state index in [0.29, 0.717) is 12.1 Å². The van der Waals surface area contributed by atoms with Crippen molar-refractivity contribution in [3.63, 3.8) is 0 Å². The zero-order valence-electron chi connectivity index (χ0n) is 10.8. The van der Waals surface area contributed by atoms with Gasteiger partial charge in [-0.15, -0.1) is 0 Å². The summed E-state index contributed by atoms with van der Waals surface area (Å²) < 4.78 is 20.1. The predicted octanol–water partition coefficient (Wildman–Crippen LogP) is 2.56. The van der Waals surface area contributed by atoms with Gasteiger partial charge in [-0.05, 0) is 29.8 Å². The van der Waals surface area contributed by atoms with Gasteiger partial charge in [0.05, 0.1) is 18.4 Å². The number of hydrogen-bond acceptors (Lipinski definition) is 3. The summed E-state index contributed by atoms with van der Waals surface area (Å²) in [5.41, 5.74) is 1.64. The summed E-state index contributed by atoms with van der Waals surface area (Å²) in [4.78, 5) is 11.4. The summed E-state index contributed by atoms with van der Waals surface area (Å²) in [6.45, 7) is 0.488. The summed E-state index contributed by atoms with van der Waals surface area (Å²) in [7, 11) is 3.21. The Balaban J connectivity index is 2.12. The van der Waals surface area contributed by atoms with Crippen LogP contribution in [0.3, 0.4) is 0 Å². The van der Waals surface area contributed by atoms with Crippen molar-refractivity contribution < 1.29 is 13.9 Å². The number of rotatable bonds is 4. The molecule has 1 N–H and O–H groups in total. The molecule has 0 radical (unpaired) electrons. The Morgan fingerprint density at radius 2 is 2.21 bits per heavy atom. The van der Waals surface area contributed by atoms with Crippen molar-refractivity contribution in [3.05, 3.63) is 53.6 Å². The van der Waals surface area contributed by atoms with Crippen molar-refractivity contribution in [1.29, 1.82) is 0 Å². The highest BCUT2D eigenvalue weighted by Gasteiger charge is 2.09. The highest BCUT2D eigenvalue weighted by Crippen LogP contribution is 2.18. The maximum absolute atomic E-state index is 13.6. The lowest BCUT2D eigenvalue weighted by Gasteiger charge is -2.08. The third-order valence-electron chi connectivity index (χ3n) is 2.76. The molecule has 0 aliphatic heterocycles. The van der Waals surface area contributed by atoms with Crippen LogP contribution in [0.1, 0.15) is 15.9 Å². The van der Waals surface area contributed by atoms with Gasteiger partial charge in [0.25, 0.3) is 0 Å². The lowest BCUT2D eigenvalue weighted by Crippen LogP contribution is -2.05. The summed E-state index contributed by atoms with van der Waals surface area (Å²) >= 11 is 0. The standard InChI is InChI=1S/C14H15FN2O2/c1-17-6-5-10(9-17)8-16-13-7-11(14(18)19-2)3-4-12(13)15/h3-7,9,16H,8H2,1-2H3. The molecule has 19 heavy (non-hydrogen) atoms. The molecule has 0 saturated carbocycles. The fourth-order valence-corrected chi connectivity index (χ4v) is 1.77. The van der Waals surface area contributed by atoms with E-state index >= 15 is 0 Å². The fourth-order valence-electron chi connectivity index (χ4n) is 1.77. The smallest absolute Gasteiger partial charge is 0.337 e. The Kier molecular flexibility index (Phi) is 3.85. The zero-order valence-corrected chi connectivity index (χ0v) is 10.8. The van der Waals surface area contributed by atoms with E-state index < -0.39 is 11.8 Å². The van der Waals surface area contributed by atoms with E-state index in [1.807, 2.05) is 30.1 Å². The number of hydrogen-bond donors (Lipinski definition) is 1. The third-order valence-corrected chi connectivity index (χ3v) is 2.76. The average molecular weight is 262 g/mol. The van der Waals surface area contributed by atoms with Gasteiger partial charge in [-0.25, -0.2) is 9.18 Å². The second kappa shape index (κ2) is 5.56. The number of methoxy groups -OCH3 is 1. The number of esters is 1. The topological polar surface area (TPSA) is 43.3 Å². The number of carbonyl (C=O) groups is 1. The van der Waals surface area contributed by atoms with E-state index in [1.54, 1.807) is 0 Å². The van der Waals surface area contributed by atoms with Crippen LogP contribution in [0.25, 0.3) is 0 Å². The number of benzene rings is 1. The Hall–Kier alpha value is -2.30. The molecular formula is C14H15FN2O2. The van der Waals surface area contributed by atoms with Gasteiger partial charge >= 0.3 is 5.97 Å². The van der Waals surface area contributed by atoms with E-state index in [9.17, 15) is 9.18 Å². The van der Waals surface area contributed by atoms with Gasteiger partial charge in [-0.1, -0.05) is 0 Å². The zero-order chi connectivity index (χ0) is 13.8. The molecule has 2 rings (SSSR count). The molecule has 0 bridgehead atoms. The minimum Gasteiger partial charge on any atom is -0.465 e. The Bertz CT molecular complexity index is 593. The lowest BCUT2D eigenvalue weighted by atomic mass is 10.2. The van der Waals surface area contributed by atoms with E-state index in [0.717, 1.165) is 5.56 Å². The van der Waals surface area contributed by atoms with Gasteiger partial charge in [-0.3, -0.25) is 0 Å². The average Bonchev–Trinajstić information content (AvgIpc) is 2.82. The van der Waals surface area contributed by atoms with Crippen LogP contribution >= 0.6 is 0 Å². The molecule has 100 valence electrons. The molecular weight excluding hydrogens is 247 g/mol. The molecule has 0 unspecified atom stereocenters. The van der Waals surface area contributed by atoms with Gasteiger partial charge in [0.15, 0.2) is 0 Å². The summed E-state index contributed by atoms with van der Waals surface area (Å²) in [5, 5.41) is 2.97. The second-order valence-corrected chi connectivity index (χ2v) is 4.22. The Morgan fingerprint density at radius 3 is 2.84 bits per heavy atom. The maximum atomic E-state index is 13.6. The Morgan fingerprint density at radius 1 is 1.42 bits per heavy atom. The number of carbonyl (C=O) groups excluding carboxylic acids is 1. The normalized spacial score (nSPS) is 10.3. The van der Waals surface area contributed by atoms with Crippen molar-refractivity contribution in [2.75, 3.05) is 12.4 Å². The number of ether oxygens (including phenoxy) is 1. The van der Waals surface area contributed by atoms with Crippen molar-refractivity contribution in [2.45, 2.75) is 6.54 Å². The number of nitrogens with one attached hydrogen (secondary N) is 1. The van der Waals surface area contributed by atoms with E-state index in [1.165, 1.54) is 25.3 Å². The van der Waals surface area contributed by atoms with Gasteiger partial charge in [-0.2, -0.15) is 0 Å². The summed E-state index contributed by atoms with van der Waals surface area (Å²) in [6.07, 6.45) is 3.85. The molecule has 0 aliphatic carbocycles. The SMILES string of the molecule is COC(=O)c1ccc(F)c(NCc2ccn(C)c2)c1. The number of anilines is 1. The molecule has 1 aromatic heterocycles. The molecule has 0 atom stereocenters. The predicted molar refractivity (Wildman–Crippen MR) is 70.5 cm³/mol. The van der Waals surface area contributed by atoms with Crippen molar-refractivity contribution in [1.82, 2.24) is 4.57 Å². The van der Waals surface area contributed by atoms with Crippen molar-refractivity contribution >= 4 is 11.7 Å². The molecule has 4 nitrogen and oxygen atoms in total. The molecule has 0 amide bonds. The van der Waals surface area contributed by atoms with Gasteiger partial charge in [0, 0.05) is 26.0 Å². The second-order valence-electron chi connectivity index (χ2n) is 4.22. The molecule has 2 aromatic rings. The minimum absolute atomic E-state index is 0.284. The van der Waals surface area contributed by atoms with Crippen LogP contribution in [0.4, 0.5) is 10.1 Å². The molecule has 0 aliphatic rings. The van der Waals surface area contributed by atoms with Gasteiger partial charge < -0.3 is 14.6 Å². The van der Waals surface area contributed by atoms with E-state index in [4.69, 9.17) is 0 Å². The Labute approximate surface area is 110 Å². The van der Waals surface area contributed by atoms with Crippen molar-refractivity contribution in [2.24, 2.45) is 7.05 Å². The summed E-state index contributed by atoms with van der Waals surface area (Å²) in [6, 6.07) is 6.04. The van der Waals surface area contributed by atoms with Crippen molar-refractivity contribution in [3.8, 4) is 0 Å². The molecule has 5 heteroatoms. The molecule has 0 saturated heterocycles. The highest BCUT2D eigenvalue weighted by atomic mass is 19.1. The monoisotopic (exact) mass is 262 g/mol. The molecule has 0 fully saturated rings. The van der Waals surface area contributed by atoms with Crippen LogP contribution in [0.5, 0.6) is 0 Å². The fraction of sp³-hybridized carbons (Fsp3) is 0.214. The van der Waals surface area contributed by atoms with E-state index in [2.05, 4.69) is 10.1 Å². The van der Waals surface area contributed by atoms with Crippen LogP contribution in [0.2, 0.25) is 0 Å². The van der Waals surface area contributed by atoms with Gasteiger partial charge in [0.1, 0.15) is 5.82 Å². The summed E-state index contributed by atoms with van der Waals surface area (Å²) in [5.74, 6) is -0.883. The van der Waals surface area contributed by atoms with Gasteiger partial charge in [0.2, 0.25) is 0 Å². The number of aryl methyl sites for hydroxylation is 1. The van der Waals surface area contributed by atoms with E-state index in [-0.39, 0.29) is 5.69 Å². The number of nitrogens with zero attached hydrogens (tertiary/aromatic N) is 1. The quantitative estimate of drug-likeness (QED) is 0.861. The highest BCUT2D eigenvalue weighted by molar-refractivity contribution is 5.90. The first kappa shape index (κ1) is 13.1. The van der Waals surface area contributed by atoms with Crippen LogP contribution in [-0.4, -0.2) is 17.6 Å². The molecule has 1 heterocycles. The third kappa shape index (κ3) is 3.13. The molecule has 0 spiro atoms. The number of aromatic nitrogens is 1. The maximum Gasteiger partial charge on any atom is 0.337 e. The van der Waals surface area contributed by atoms with Crippen LogP contribution in [0, 0.1) is 5.82 Å². The van der Waals surface area contributed by atoms with Crippen LogP contribution in [-0.2, 0) is 18.3 Å². The lowest BCUT2D eigenvalue weighted by molar-refractivity contribution is 0.0600. The number of halogens is 1. The van der Waals surface area contributed by atoms with Crippen LogP contribution < -0.4 is 5.32 Å². The minimum atomic E-state index is -0.484.